The Labute approximate surface area is 113 Å². The maximum atomic E-state index is 4.50. The molecule has 0 radical (unpaired) electrons. The van der Waals surface area contributed by atoms with E-state index in [0.29, 0.717) is 12.5 Å². The summed E-state index contributed by atoms with van der Waals surface area (Å²) in [6.07, 6.45) is 5.39. The fraction of sp³-hybridized carbons (Fsp3) is 0.429. The van der Waals surface area contributed by atoms with Crippen LogP contribution in [0.1, 0.15) is 36.4 Å². The van der Waals surface area contributed by atoms with Crippen LogP contribution in [0, 0.1) is 6.92 Å². The van der Waals surface area contributed by atoms with Crippen molar-refractivity contribution in [2.24, 2.45) is 0 Å². The highest BCUT2D eigenvalue weighted by Crippen LogP contribution is 2.10. The summed E-state index contributed by atoms with van der Waals surface area (Å²) in [6, 6.07) is 1.99. The Balaban J connectivity index is 2.10. The van der Waals surface area contributed by atoms with Gasteiger partial charge in [0, 0.05) is 18.9 Å². The fourth-order valence-electron chi connectivity index (χ4n) is 1.87. The van der Waals surface area contributed by atoms with E-state index >= 15 is 0 Å². The fourth-order valence-corrected chi connectivity index (χ4v) is 1.87. The van der Waals surface area contributed by atoms with Crippen molar-refractivity contribution < 1.29 is 0 Å². The lowest BCUT2D eigenvalue weighted by atomic mass is 10.2. The van der Waals surface area contributed by atoms with Crippen molar-refractivity contribution in [2.75, 3.05) is 5.32 Å². The van der Waals surface area contributed by atoms with Gasteiger partial charge in [0.1, 0.15) is 0 Å². The number of aryl methyl sites for hydroxylation is 3. The first-order valence-corrected chi connectivity index (χ1v) is 6.60. The van der Waals surface area contributed by atoms with Crippen molar-refractivity contribution in [1.29, 1.82) is 0 Å². The minimum Gasteiger partial charge on any atom is -0.349 e. The summed E-state index contributed by atoms with van der Waals surface area (Å²) < 4.78 is 0. The molecule has 0 saturated heterocycles. The van der Waals surface area contributed by atoms with Crippen LogP contribution in [0.5, 0.6) is 0 Å². The third-order valence-electron chi connectivity index (χ3n) is 3.09. The predicted molar refractivity (Wildman–Crippen MR) is 74.9 cm³/mol. The molecule has 0 aliphatic heterocycles. The number of rotatable bonds is 5. The molecule has 2 rings (SSSR count). The van der Waals surface area contributed by atoms with Crippen LogP contribution < -0.4 is 5.32 Å². The van der Waals surface area contributed by atoms with Gasteiger partial charge in [-0.05, 0) is 37.0 Å². The average Bonchev–Trinajstić information content (AvgIpc) is 2.46. The number of aromatic nitrogens is 4. The predicted octanol–water partition coefficient (Wildman–Crippen LogP) is 2.31. The molecule has 100 valence electrons. The van der Waals surface area contributed by atoms with Gasteiger partial charge in [-0.1, -0.05) is 13.8 Å². The van der Waals surface area contributed by atoms with Gasteiger partial charge in [0.15, 0.2) is 0 Å². The van der Waals surface area contributed by atoms with Crippen LogP contribution in [-0.2, 0) is 19.4 Å². The molecule has 0 aromatic carbocycles. The summed E-state index contributed by atoms with van der Waals surface area (Å²) in [5.74, 6) is 0.581. The summed E-state index contributed by atoms with van der Waals surface area (Å²) in [7, 11) is 0. The molecule has 2 aromatic heterocycles. The maximum Gasteiger partial charge on any atom is 0.243 e. The number of nitrogens with zero attached hydrogens (tertiary/aromatic N) is 4. The number of anilines is 1. The number of hydrogen-bond donors (Lipinski definition) is 1. The van der Waals surface area contributed by atoms with E-state index in [4.69, 9.17) is 0 Å². The molecule has 2 aromatic rings. The molecular formula is C14H19N5. The topological polar surface area (TPSA) is 63.6 Å². The molecule has 5 heteroatoms. The summed E-state index contributed by atoms with van der Waals surface area (Å²) in [4.78, 5) is 8.62. The van der Waals surface area contributed by atoms with Crippen molar-refractivity contribution in [3.63, 3.8) is 0 Å². The third-order valence-corrected chi connectivity index (χ3v) is 3.09. The zero-order chi connectivity index (χ0) is 13.7. The van der Waals surface area contributed by atoms with Crippen molar-refractivity contribution in [3.05, 3.63) is 41.0 Å². The standard InChI is InChI=1S/C14H19N5/c1-4-12-13(5-2)18-19-14(17-12)16-9-11-8-15-7-6-10(11)3/h6-8H,4-5,9H2,1-3H3,(H,16,17,19). The molecule has 0 spiro atoms. The first-order valence-electron chi connectivity index (χ1n) is 6.60. The Morgan fingerprint density at radius 1 is 1.11 bits per heavy atom. The number of pyridine rings is 1. The van der Waals surface area contributed by atoms with Gasteiger partial charge in [-0.15, -0.1) is 5.10 Å². The summed E-state index contributed by atoms with van der Waals surface area (Å²) in [5.41, 5.74) is 4.34. The Morgan fingerprint density at radius 3 is 2.58 bits per heavy atom. The Kier molecular flexibility index (Phi) is 4.39. The lowest BCUT2D eigenvalue weighted by Crippen LogP contribution is -2.10. The molecule has 0 aliphatic carbocycles. The van der Waals surface area contributed by atoms with Crippen molar-refractivity contribution in [3.8, 4) is 0 Å². The molecule has 0 amide bonds. The zero-order valence-corrected chi connectivity index (χ0v) is 11.6. The monoisotopic (exact) mass is 257 g/mol. The molecule has 1 N–H and O–H groups in total. The first kappa shape index (κ1) is 13.4. The van der Waals surface area contributed by atoms with Gasteiger partial charge >= 0.3 is 0 Å². The normalized spacial score (nSPS) is 10.5. The lowest BCUT2D eigenvalue weighted by Gasteiger charge is -2.09. The zero-order valence-electron chi connectivity index (χ0n) is 11.6. The summed E-state index contributed by atoms with van der Waals surface area (Å²) >= 11 is 0. The van der Waals surface area contributed by atoms with Gasteiger partial charge in [-0.2, -0.15) is 5.10 Å². The molecule has 0 bridgehead atoms. The smallest absolute Gasteiger partial charge is 0.243 e. The van der Waals surface area contributed by atoms with Crippen LogP contribution in [0.2, 0.25) is 0 Å². The third kappa shape index (κ3) is 3.24. The highest BCUT2D eigenvalue weighted by Gasteiger charge is 2.06. The van der Waals surface area contributed by atoms with E-state index < -0.39 is 0 Å². The van der Waals surface area contributed by atoms with Crippen LogP contribution in [0.4, 0.5) is 5.95 Å². The van der Waals surface area contributed by atoms with E-state index in [-0.39, 0.29) is 0 Å². The van der Waals surface area contributed by atoms with E-state index in [9.17, 15) is 0 Å². The Morgan fingerprint density at radius 2 is 1.89 bits per heavy atom. The van der Waals surface area contributed by atoms with Gasteiger partial charge < -0.3 is 5.32 Å². The minimum absolute atomic E-state index is 0.581. The van der Waals surface area contributed by atoms with Gasteiger partial charge in [0.25, 0.3) is 0 Å². The van der Waals surface area contributed by atoms with Crippen molar-refractivity contribution in [2.45, 2.75) is 40.2 Å². The highest BCUT2D eigenvalue weighted by atomic mass is 15.2. The van der Waals surface area contributed by atoms with E-state index in [1.54, 1.807) is 6.20 Å². The van der Waals surface area contributed by atoms with Gasteiger partial charge in [-0.3, -0.25) is 4.98 Å². The molecule has 0 unspecified atom stereocenters. The van der Waals surface area contributed by atoms with Gasteiger partial charge in [-0.25, -0.2) is 4.98 Å². The van der Waals surface area contributed by atoms with Crippen LogP contribution in [0.15, 0.2) is 18.5 Å². The van der Waals surface area contributed by atoms with E-state index in [1.807, 2.05) is 12.3 Å². The summed E-state index contributed by atoms with van der Waals surface area (Å²) in [5, 5.41) is 11.5. The van der Waals surface area contributed by atoms with Crippen LogP contribution in [0.25, 0.3) is 0 Å². The average molecular weight is 257 g/mol. The van der Waals surface area contributed by atoms with Crippen LogP contribution >= 0.6 is 0 Å². The second-order valence-corrected chi connectivity index (χ2v) is 4.39. The molecular weight excluding hydrogens is 238 g/mol. The first-order chi connectivity index (χ1) is 9.24. The molecule has 0 fully saturated rings. The van der Waals surface area contributed by atoms with Crippen molar-refractivity contribution in [1.82, 2.24) is 20.2 Å². The van der Waals surface area contributed by atoms with Crippen LogP contribution in [0.3, 0.4) is 0 Å². The van der Waals surface area contributed by atoms with Crippen molar-refractivity contribution >= 4 is 5.95 Å². The molecule has 0 atom stereocenters. The second-order valence-electron chi connectivity index (χ2n) is 4.39. The SMILES string of the molecule is CCc1nnc(NCc2cnccc2C)nc1CC. The van der Waals surface area contributed by atoms with Crippen LogP contribution in [-0.4, -0.2) is 20.2 Å². The number of nitrogens with one attached hydrogen (secondary N) is 1. The Bertz CT molecular complexity index is 553. The Hall–Kier alpha value is -2.04. The van der Waals surface area contributed by atoms with E-state index in [2.05, 4.69) is 46.3 Å². The maximum absolute atomic E-state index is 4.50. The molecule has 19 heavy (non-hydrogen) atoms. The lowest BCUT2D eigenvalue weighted by molar-refractivity contribution is 0.819. The van der Waals surface area contributed by atoms with Gasteiger partial charge in [0.2, 0.25) is 5.95 Å². The molecule has 0 saturated carbocycles. The molecule has 2 heterocycles. The quantitative estimate of drug-likeness (QED) is 0.890. The van der Waals surface area contributed by atoms with E-state index in [0.717, 1.165) is 29.8 Å². The highest BCUT2D eigenvalue weighted by molar-refractivity contribution is 5.30. The largest absolute Gasteiger partial charge is 0.349 e. The minimum atomic E-state index is 0.581. The molecule has 0 aliphatic rings. The second kappa shape index (κ2) is 6.22. The van der Waals surface area contributed by atoms with Gasteiger partial charge in [0.05, 0.1) is 11.4 Å². The molecule has 5 nitrogen and oxygen atoms in total. The summed E-state index contributed by atoms with van der Waals surface area (Å²) in [6.45, 7) is 6.88. The van der Waals surface area contributed by atoms with E-state index in [1.165, 1.54) is 5.56 Å². The number of hydrogen-bond acceptors (Lipinski definition) is 5.